The Labute approximate surface area is 137 Å². The maximum atomic E-state index is 12.5. The van der Waals surface area contributed by atoms with E-state index in [1.165, 1.54) is 22.5 Å². The Balaban J connectivity index is 2.27. The van der Waals surface area contributed by atoms with E-state index in [1.807, 2.05) is 0 Å². The smallest absolute Gasteiger partial charge is 0.243 e. The predicted octanol–water partition coefficient (Wildman–Crippen LogP) is 2.85. The van der Waals surface area contributed by atoms with E-state index in [9.17, 15) is 13.2 Å². The molecule has 0 saturated carbocycles. The Kier molecular flexibility index (Phi) is 5.65. The average Bonchev–Trinajstić information content (AvgIpc) is 2.96. The zero-order valence-corrected chi connectivity index (χ0v) is 14.5. The molecule has 0 atom stereocenters. The molecule has 1 aliphatic rings. The predicted molar refractivity (Wildman–Crippen MR) is 86.5 cm³/mol. The molecule has 5 nitrogen and oxygen atoms in total. The van der Waals surface area contributed by atoms with Crippen molar-refractivity contribution in [1.29, 1.82) is 0 Å². The van der Waals surface area contributed by atoms with Crippen LogP contribution in [0.3, 0.4) is 0 Å². The number of nitrogens with zero attached hydrogens (tertiary/aromatic N) is 1. The summed E-state index contributed by atoms with van der Waals surface area (Å²) in [5.74, 6) is -0.218. The van der Waals surface area contributed by atoms with E-state index < -0.39 is 10.0 Å². The van der Waals surface area contributed by atoms with E-state index in [-0.39, 0.29) is 10.8 Å². The summed E-state index contributed by atoms with van der Waals surface area (Å²) in [5, 5.41) is 3.48. The van der Waals surface area contributed by atoms with E-state index in [0.29, 0.717) is 35.6 Å². The number of alkyl halides is 1. The molecule has 1 saturated heterocycles. The van der Waals surface area contributed by atoms with Crippen LogP contribution in [0.4, 0.5) is 5.69 Å². The second kappa shape index (κ2) is 7.09. The third kappa shape index (κ3) is 3.97. The van der Waals surface area contributed by atoms with E-state index in [2.05, 4.69) is 21.2 Å². The lowest BCUT2D eigenvalue weighted by molar-refractivity contribution is -0.115. The van der Waals surface area contributed by atoms with E-state index >= 15 is 0 Å². The minimum absolute atomic E-state index is 0.156. The van der Waals surface area contributed by atoms with E-state index in [1.54, 1.807) is 0 Å². The number of sulfonamides is 1. The fourth-order valence-electron chi connectivity index (χ4n) is 2.14. The number of carbonyl (C=O) groups excluding carboxylic acids is 1. The third-order valence-electron chi connectivity index (χ3n) is 3.24. The van der Waals surface area contributed by atoms with Crippen LogP contribution in [0.1, 0.15) is 19.3 Å². The van der Waals surface area contributed by atoms with Gasteiger partial charge in [0.25, 0.3) is 0 Å². The molecule has 116 valence electrons. The fraction of sp³-hybridized carbons (Fsp3) is 0.462. The first kappa shape index (κ1) is 16.7. The van der Waals surface area contributed by atoms with Crippen LogP contribution in [0.5, 0.6) is 0 Å². The van der Waals surface area contributed by atoms with Gasteiger partial charge in [0.15, 0.2) is 0 Å². The van der Waals surface area contributed by atoms with Gasteiger partial charge < -0.3 is 5.32 Å². The molecule has 21 heavy (non-hydrogen) atoms. The molecule has 1 aliphatic heterocycles. The number of nitrogens with one attached hydrogen (secondary N) is 1. The molecule has 0 spiro atoms. The van der Waals surface area contributed by atoms with Gasteiger partial charge in [0.05, 0.1) is 15.6 Å². The molecule has 1 amide bonds. The van der Waals surface area contributed by atoms with E-state index in [0.717, 1.165) is 12.8 Å². The lowest BCUT2D eigenvalue weighted by atomic mass is 10.3. The molecule has 1 aromatic rings. The minimum atomic E-state index is -3.51. The molecule has 0 aliphatic carbocycles. The monoisotopic (exact) mass is 394 g/mol. The van der Waals surface area contributed by atoms with Crippen LogP contribution in [0.25, 0.3) is 0 Å². The summed E-state index contributed by atoms with van der Waals surface area (Å²) >= 11 is 9.19. The number of anilines is 1. The van der Waals surface area contributed by atoms with Crippen molar-refractivity contribution in [2.24, 2.45) is 0 Å². The Hall–Kier alpha value is -0.630. The van der Waals surface area contributed by atoms with Gasteiger partial charge in [-0.3, -0.25) is 4.79 Å². The molecular formula is C13H16BrClN2O3S. The molecule has 0 aromatic heterocycles. The highest BCUT2D eigenvalue weighted by Crippen LogP contribution is 2.28. The molecule has 0 radical (unpaired) electrons. The zero-order chi connectivity index (χ0) is 15.5. The summed E-state index contributed by atoms with van der Waals surface area (Å²) in [6.45, 7) is 1.08. The van der Waals surface area contributed by atoms with Crippen LogP contribution in [0.15, 0.2) is 23.1 Å². The summed E-state index contributed by atoms with van der Waals surface area (Å²) in [6.07, 6.45) is 2.04. The van der Waals surface area contributed by atoms with Crippen molar-refractivity contribution >= 4 is 49.1 Å². The van der Waals surface area contributed by atoms with Gasteiger partial charge in [-0.1, -0.05) is 27.5 Å². The van der Waals surface area contributed by atoms with Crippen molar-refractivity contribution in [3.05, 3.63) is 23.2 Å². The normalized spacial score (nSPS) is 16.1. The number of halogens is 2. The molecule has 1 N–H and O–H groups in total. The van der Waals surface area contributed by atoms with Crippen LogP contribution in [0, 0.1) is 0 Å². The van der Waals surface area contributed by atoms with Crippen molar-refractivity contribution in [3.8, 4) is 0 Å². The standard InChI is InChI=1S/C13H16BrClN2O3S/c14-6-5-13(18)16-12-9-10(3-4-11(12)15)21(19,20)17-7-1-2-8-17/h3-4,9H,1-2,5-8H2,(H,16,18). The number of amides is 1. The third-order valence-corrected chi connectivity index (χ3v) is 5.86. The van der Waals surface area contributed by atoms with Crippen LogP contribution < -0.4 is 5.32 Å². The summed E-state index contributed by atoms with van der Waals surface area (Å²) in [4.78, 5) is 11.8. The number of rotatable bonds is 5. The molecule has 0 bridgehead atoms. The second-order valence-corrected chi connectivity index (χ2v) is 7.88. The van der Waals surface area contributed by atoms with Crippen LogP contribution in [0.2, 0.25) is 5.02 Å². The highest BCUT2D eigenvalue weighted by molar-refractivity contribution is 9.09. The van der Waals surface area contributed by atoms with Crippen LogP contribution in [-0.2, 0) is 14.8 Å². The van der Waals surface area contributed by atoms with Crippen molar-refractivity contribution in [2.45, 2.75) is 24.2 Å². The summed E-state index contributed by atoms with van der Waals surface area (Å²) in [6, 6.07) is 4.38. The molecular weight excluding hydrogens is 380 g/mol. The maximum absolute atomic E-state index is 12.5. The van der Waals surface area contributed by atoms with Crippen molar-refractivity contribution < 1.29 is 13.2 Å². The molecule has 1 fully saturated rings. The Morgan fingerprint density at radius 3 is 2.62 bits per heavy atom. The Morgan fingerprint density at radius 2 is 2.00 bits per heavy atom. The van der Waals surface area contributed by atoms with Crippen molar-refractivity contribution in [3.63, 3.8) is 0 Å². The number of hydrogen-bond donors (Lipinski definition) is 1. The summed E-state index contributed by atoms with van der Waals surface area (Å²) in [7, 11) is -3.51. The molecule has 0 unspecified atom stereocenters. The fourth-order valence-corrected chi connectivity index (χ4v) is 4.21. The van der Waals surface area contributed by atoms with Gasteiger partial charge in [0.1, 0.15) is 0 Å². The first-order chi connectivity index (χ1) is 9.95. The number of benzene rings is 1. The molecule has 1 heterocycles. The quantitative estimate of drug-likeness (QED) is 0.780. The molecule has 8 heteroatoms. The van der Waals surface area contributed by atoms with Gasteiger partial charge in [-0.05, 0) is 31.0 Å². The van der Waals surface area contributed by atoms with Gasteiger partial charge in [-0.15, -0.1) is 0 Å². The first-order valence-electron chi connectivity index (χ1n) is 6.60. The number of hydrogen-bond acceptors (Lipinski definition) is 3. The van der Waals surface area contributed by atoms with Crippen molar-refractivity contribution in [2.75, 3.05) is 23.7 Å². The molecule has 1 aromatic carbocycles. The van der Waals surface area contributed by atoms with Gasteiger partial charge in [0, 0.05) is 24.8 Å². The SMILES string of the molecule is O=C(CCBr)Nc1cc(S(=O)(=O)N2CCCC2)ccc1Cl. The zero-order valence-electron chi connectivity index (χ0n) is 11.3. The van der Waals surface area contributed by atoms with Crippen LogP contribution in [-0.4, -0.2) is 37.0 Å². The van der Waals surface area contributed by atoms with Gasteiger partial charge in [-0.2, -0.15) is 4.31 Å². The maximum Gasteiger partial charge on any atom is 0.243 e. The second-order valence-electron chi connectivity index (χ2n) is 4.74. The lowest BCUT2D eigenvalue weighted by Crippen LogP contribution is -2.28. The van der Waals surface area contributed by atoms with Crippen LogP contribution >= 0.6 is 27.5 Å². The topological polar surface area (TPSA) is 66.5 Å². The highest BCUT2D eigenvalue weighted by Gasteiger charge is 2.27. The highest BCUT2D eigenvalue weighted by atomic mass is 79.9. The Morgan fingerprint density at radius 1 is 1.33 bits per heavy atom. The van der Waals surface area contributed by atoms with E-state index in [4.69, 9.17) is 11.6 Å². The van der Waals surface area contributed by atoms with Crippen molar-refractivity contribution in [1.82, 2.24) is 4.31 Å². The van der Waals surface area contributed by atoms with Gasteiger partial charge >= 0.3 is 0 Å². The van der Waals surface area contributed by atoms with Gasteiger partial charge in [0.2, 0.25) is 15.9 Å². The summed E-state index contributed by atoms with van der Waals surface area (Å²) < 4.78 is 26.4. The first-order valence-corrected chi connectivity index (χ1v) is 9.54. The largest absolute Gasteiger partial charge is 0.325 e. The molecule has 2 rings (SSSR count). The average molecular weight is 396 g/mol. The Bertz CT molecular complexity index is 630. The summed E-state index contributed by atoms with van der Waals surface area (Å²) in [5.41, 5.74) is 0.322. The number of carbonyl (C=O) groups is 1. The lowest BCUT2D eigenvalue weighted by Gasteiger charge is -2.16. The minimum Gasteiger partial charge on any atom is -0.325 e. The van der Waals surface area contributed by atoms with Gasteiger partial charge in [-0.25, -0.2) is 8.42 Å².